The van der Waals surface area contributed by atoms with Crippen LogP contribution in [-0.2, 0) is 13.1 Å². The van der Waals surface area contributed by atoms with E-state index in [1.165, 1.54) is 5.56 Å². The lowest BCUT2D eigenvalue weighted by molar-refractivity contribution is 0.0697. The SMILES string of the molecule is Cc1ccc(O)c(Cn2c(NC3CCN(Cc4ccccc4)CC3)nc3ccc(C(=O)O)cc32)n1. The molecule has 4 aromatic rings. The first-order chi connectivity index (χ1) is 17.0. The minimum absolute atomic E-state index is 0.104. The lowest BCUT2D eigenvalue weighted by Gasteiger charge is -2.32. The number of fused-ring (bicyclic) bond motifs is 1. The molecule has 0 saturated carbocycles. The zero-order chi connectivity index (χ0) is 24.4. The van der Waals surface area contributed by atoms with Gasteiger partial charge in [0.05, 0.1) is 23.1 Å². The maximum absolute atomic E-state index is 11.6. The Labute approximate surface area is 203 Å². The number of benzene rings is 2. The molecule has 0 spiro atoms. The highest BCUT2D eigenvalue weighted by atomic mass is 16.4. The number of carboxylic acid groups (broad SMARTS) is 1. The Bertz CT molecular complexity index is 1340. The molecule has 0 amide bonds. The summed E-state index contributed by atoms with van der Waals surface area (Å²) in [5, 5.41) is 23.5. The van der Waals surface area contributed by atoms with Gasteiger partial charge in [-0.1, -0.05) is 30.3 Å². The second-order valence-corrected chi connectivity index (χ2v) is 9.13. The number of rotatable bonds is 7. The number of aryl methyl sites for hydroxylation is 1. The van der Waals surface area contributed by atoms with Crippen LogP contribution in [0.5, 0.6) is 5.75 Å². The molecule has 1 saturated heterocycles. The fourth-order valence-electron chi connectivity index (χ4n) is 4.65. The number of pyridine rings is 1. The van der Waals surface area contributed by atoms with Crippen molar-refractivity contribution in [2.24, 2.45) is 0 Å². The van der Waals surface area contributed by atoms with Gasteiger partial charge in [0.2, 0.25) is 5.95 Å². The first-order valence-corrected chi connectivity index (χ1v) is 11.9. The number of piperidine rings is 1. The molecule has 8 nitrogen and oxygen atoms in total. The number of hydrogen-bond acceptors (Lipinski definition) is 6. The molecular weight excluding hydrogens is 442 g/mol. The number of imidazole rings is 1. The number of hydrogen-bond donors (Lipinski definition) is 3. The highest BCUT2D eigenvalue weighted by Gasteiger charge is 2.22. The Morgan fingerprint density at radius 3 is 2.54 bits per heavy atom. The third-order valence-corrected chi connectivity index (χ3v) is 6.56. The van der Waals surface area contributed by atoms with Crippen molar-refractivity contribution in [2.45, 2.75) is 38.9 Å². The van der Waals surface area contributed by atoms with Crippen molar-refractivity contribution in [2.75, 3.05) is 18.4 Å². The summed E-state index contributed by atoms with van der Waals surface area (Å²) in [5.41, 5.74) is 4.23. The molecule has 3 heterocycles. The minimum Gasteiger partial charge on any atom is -0.506 e. The van der Waals surface area contributed by atoms with E-state index in [9.17, 15) is 15.0 Å². The highest BCUT2D eigenvalue weighted by Crippen LogP contribution is 2.27. The van der Waals surface area contributed by atoms with E-state index in [-0.39, 0.29) is 23.9 Å². The van der Waals surface area contributed by atoms with Gasteiger partial charge in [-0.25, -0.2) is 9.78 Å². The summed E-state index contributed by atoms with van der Waals surface area (Å²) < 4.78 is 1.92. The molecule has 1 fully saturated rings. The van der Waals surface area contributed by atoms with Gasteiger partial charge in [0, 0.05) is 31.4 Å². The third kappa shape index (κ3) is 5.12. The van der Waals surface area contributed by atoms with Crippen LogP contribution in [0.2, 0.25) is 0 Å². The van der Waals surface area contributed by atoms with E-state index in [0.29, 0.717) is 22.7 Å². The molecule has 1 aliphatic heterocycles. The van der Waals surface area contributed by atoms with E-state index < -0.39 is 5.97 Å². The number of likely N-dealkylation sites (tertiary alicyclic amines) is 1. The zero-order valence-electron chi connectivity index (χ0n) is 19.7. The van der Waals surface area contributed by atoms with Gasteiger partial charge < -0.3 is 20.1 Å². The smallest absolute Gasteiger partial charge is 0.335 e. The fourth-order valence-corrected chi connectivity index (χ4v) is 4.65. The number of aromatic carboxylic acids is 1. The van der Waals surface area contributed by atoms with Crippen LogP contribution in [0, 0.1) is 6.92 Å². The van der Waals surface area contributed by atoms with Crippen LogP contribution in [0.4, 0.5) is 5.95 Å². The Balaban J connectivity index is 1.38. The van der Waals surface area contributed by atoms with Gasteiger partial charge >= 0.3 is 5.97 Å². The van der Waals surface area contributed by atoms with Crippen LogP contribution in [0.3, 0.4) is 0 Å². The molecule has 8 heteroatoms. The maximum atomic E-state index is 11.6. The van der Waals surface area contributed by atoms with Crippen LogP contribution < -0.4 is 5.32 Å². The molecule has 2 aromatic carbocycles. The molecule has 5 rings (SSSR count). The predicted octanol–water partition coefficient (Wildman–Crippen LogP) is 4.27. The van der Waals surface area contributed by atoms with Crippen molar-refractivity contribution in [3.8, 4) is 5.75 Å². The predicted molar refractivity (Wildman–Crippen MR) is 135 cm³/mol. The molecule has 0 bridgehead atoms. The first kappa shape index (κ1) is 22.9. The van der Waals surface area contributed by atoms with Gasteiger partial charge in [0.25, 0.3) is 0 Å². The lowest BCUT2D eigenvalue weighted by Crippen LogP contribution is -2.39. The first-order valence-electron chi connectivity index (χ1n) is 11.9. The molecule has 180 valence electrons. The third-order valence-electron chi connectivity index (χ3n) is 6.56. The minimum atomic E-state index is -0.989. The van der Waals surface area contributed by atoms with Crippen LogP contribution in [0.25, 0.3) is 11.0 Å². The lowest BCUT2D eigenvalue weighted by atomic mass is 10.0. The topological polar surface area (TPSA) is 104 Å². The molecular formula is C27H29N5O3. The summed E-state index contributed by atoms with van der Waals surface area (Å²) in [6, 6.07) is 19.1. The number of aromatic hydroxyl groups is 1. The van der Waals surface area contributed by atoms with Crippen molar-refractivity contribution >= 4 is 23.0 Å². The average Bonchev–Trinajstić information content (AvgIpc) is 3.19. The quantitative estimate of drug-likeness (QED) is 0.370. The fraction of sp³-hybridized carbons (Fsp3) is 0.296. The molecule has 1 aliphatic rings. The van der Waals surface area contributed by atoms with Gasteiger partial charge in [-0.05, 0) is 55.7 Å². The van der Waals surface area contributed by atoms with E-state index in [0.717, 1.165) is 38.2 Å². The standard InChI is InChI=1S/C27H29N5O3/c1-18-7-10-25(33)23(28-18)17-32-24-15-20(26(34)35)8-9-22(24)30-27(32)29-21-11-13-31(14-12-21)16-19-5-3-2-4-6-19/h2-10,15,21,33H,11-14,16-17H2,1H3,(H,29,30)(H,34,35). The summed E-state index contributed by atoms with van der Waals surface area (Å²) in [6.07, 6.45) is 1.95. The van der Waals surface area contributed by atoms with E-state index in [2.05, 4.69) is 39.5 Å². The zero-order valence-corrected chi connectivity index (χ0v) is 19.7. The summed E-state index contributed by atoms with van der Waals surface area (Å²) >= 11 is 0. The van der Waals surface area contributed by atoms with E-state index in [4.69, 9.17) is 4.98 Å². The van der Waals surface area contributed by atoms with Crippen molar-refractivity contribution in [1.29, 1.82) is 0 Å². The monoisotopic (exact) mass is 471 g/mol. The second-order valence-electron chi connectivity index (χ2n) is 9.13. The van der Waals surface area contributed by atoms with E-state index >= 15 is 0 Å². The number of carbonyl (C=O) groups is 1. The molecule has 0 radical (unpaired) electrons. The number of anilines is 1. The van der Waals surface area contributed by atoms with Gasteiger partial charge in [-0.3, -0.25) is 9.88 Å². The molecule has 0 atom stereocenters. The number of nitrogens with one attached hydrogen (secondary N) is 1. The molecule has 35 heavy (non-hydrogen) atoms. The maximum Gasteiger partial charge on any atom is 0.335 e. The van der Waals surface area contributed by atoms with Crippen molar-refractivity contribution in [1.82, 2.24) is 19.4 Å². The summed E-state index contributed by atoms with van der Waals surface area (Å²) in [7, 11) is 0. The summed E-state index contributed by atoms with van der Waals surface area (Å²) in [6.45, 7) is 5.07. The number of nitrogens with zero attached hydrogens (tertiary/aromatic N) is 4. The molecule has 2 aromatic heterocycles. The van der Waals surface area contributed by atoms with Crippen LogP contribution in [0.15, 0.2) is 60.7 Å². The highest BCUT2D eigenvalue weighted by molar-refractivity contribution is 5.93. The van der Waals surface area contributed by atoms with Crippen molar-refractivity contribution < 1.29 is 15.0 Å². The molecule has 3 N–H and O–H groups in total. The van der Waals surface area contributed by atoms with Gasteiger partial charge in [-0.2, -0.15) is 0 Å². The van der Waals surface area contributed by atoms with Crippen molar-refractivity contribution in [3.05, 3.63) is 83.2 Å². The Morgan fingerprint density at radius 2 is 1.80 bits per heavy atom. The van der Waals surface area contributed by atoms with E-state index in [1.807, 2.05) is 17.6 Å². The van der Waals surface area contributed by atoms with Crippen LogP contribution in [-0.4, -0.2) is 54.7 Å². The Kier molecular flexibility index (Phi) is 6.37. The summed E-state index contributed by atoms with van der Waals surface area (Å²) in [5.74, 6) is -0.227. The largest absolute Gasteiger partial charge is 0.506 e. The van der Waals surface area contributed by atoms with Gasteiger partial charge in [0.1, 0.15) is 11.4 Å². The Morgan fingerprint density at radius 1 is 1.03 bits per heavy atom. The molecule has 0 aliphatic carbocycles. The summed E-state index contributed by atoms with van der Waals surface area (Å²) in [4.78, 5) is 23.3. The van der Waals surface area contributed by atoms with E-state index in [1.54, 1.807) is 30.3 Å². The number of carboxylic acids is 1. The second kappa shape index (κ2) is 9.76. The van der Waals surface area contributed by atoms with Gasteiger partial charge in [-0.15, -0.1) is 0 Å². The molecule has 0 unspecified atom stereocenters. The average molecular weight is 472 g/mol. The van der Waals surface area contributed by atoms with Gasteiger partial charge in [0.15, 0.2) is 0 Å². The normalized spacial score (nSPS) is 14.9. The number of aromatic nitrogens is 3. The Hall–Kier alpha value is -3.91. The van der Waals surface area contributed by atoms with Crippen LogP contribution in [0.1, 0.15) is 40.2 Å². The van der Waals surface area contributed by atoms with Crippen molar-refractivity contribution in [3.63, 3.8) is 0 Å². The van der Waals surface area contributed by atoms with Crippen LogP contribution >= 0.6 is 0 Å².